The van der Waals surface area contributed by atoms with Gasteiger partial charge in [0.25, 0.3) is 0 Å². The van der Waals surface area contributed by atoms with Crippen molar-refractivity contribution in [2.45, 2.75) is 5.03 Å². The minimum atomic E-state index is -0.231. The lowest BCUT2D eigenvalue weighted by Crippen LogP contribution is -2.46. The standard InChI is InChI=1S/C24H26FN5O3S/c1-32-20-11-18(12-21(13-20)33-2)28-23(31)15-34-24-14-22(26-16-27-24)30-9-7-29(8-10-30)19-5-3-17(25)4-6-19/h3-6,11-14,16H,7-10,15H2,1-2H3,(H,28,31). The number of rotatable bonds is 8. The molecule has 0 bridgehead atoms. The van der Waals surface area contributed by atoms with E-state index in [0.717, 1.165) is 42.7 Å². The first-order valence-electron chi connectivity index (χ1n) is 10.8. The van der Waals surface area contributed by atoms with Crippen LogP contribution in [0.2, 0.25) is 0 Å². The maximum Gasteiger partial charge on any atom is 0.234 e. The first kappa shape index (κ1) is 23.6. The number of anilines is 3. The predicted molar refractivity (Wildman–Crippen MR) is 132 cm³/mol. The molecule has 2 aromatic carbocycles. The minimum Gasteiger partial charge on any atom is -0.497 e. The molecule has 10 heteroatoms. The van der Waals surface area contributed by atoms with E-state index in [1.165, 1.54) is 30.2 Å². The number of nitrogens with zero attached hydrogens (tertiary/aromatic N) is 4. The van der Waals surface area contributed by atoms with Crippen LogP contribution in [0.3, 0.4) is 0 Å². The highest BCUT2D eigenvalue weighted by atomic mass is 32.2. The molecule has 3 aromatic rings. The summed E-state index contributed by atoms with van der Waals surface area (Å²) < 4.78 is 23.7. The van der Waals surface area contributed by atoms with E-state index in [0.29, 0.717) is 17.2 Å². The molecule has 1 aliphatic rings. The van der Waals surface area contributed by atoms with Crippen LogP contribution in [0.4, 0.5) is 21.6 Å². The van der Waals surface area contributed by atoms with Gasteiger partial charge >= 0.3 is 0 Å². The van der Waals surface area contributed by atoms with E-state index in [9.17, 15) is 9.18 Å². The van der Waals surface area contributed by atoms with Crippen LogP contribution in [0.15, 0.2) is 59.9 Å². The fourth-order valence-corrected chi connectivity index (χ4v) is 4.31. The quantitative estimate of drug-likeness (QED) is 0.384. The second-order valence-electron chi connectivity index (χ2n) is 7.60. The molecule has 0 saturated carbocycles. The van der Waals surface area contributed by atoms with E-state index < -0.39 is 0 Å². The Hall–Kier alpha value is -3.53. The average molecular weight is 484 g/mol. The molecule has 2 heterocycles. The number of thioether (sulfide) groups is 1. The molecule has 34 heavy (non-hydrogen) atoms. The number of amides is 1. The number of carbonyl (C=O) groups is 1. The normalized spacial score (nSPS) is 13.5. The molecule has 0 atom stereocenters. The number of carbonyl (C=O) groups excluding carboxylic acids is 1. The second-order valence-corrected chi connectivity index (χ2v) is 8.60. The summed E-state index contributed by atoms with van der Waals surface area (Å²) in [6, 6.07) is 13.7. The molecular formula is C24H26FN5O3S. The number of piperazine rings is 1. The monoisotopic (exact) mass is 483 g/mol. The predicted octanol–water partition coefficient (Wildman–Crippen LogP) is 3.69. The minimum absolute atomic E-state index is 0.159. The molecule has 1 aliphatic heterocycles. The number of hydrogen-bond donors (Lipinski definition) is 1. The summed E-state index contributed by atoms with van der Waals surface area (Å²) in [5.41, 5.74) is 1.61. The maximum absolute atomic E-state index is 13.2. The SMILES string of the molecule is COc1cc(NC(=O)CSc2cc(N3CCN(c4ccc(F)cc4)CC3)ncn2)cc(OC)c1. The highest BCUT2D eigenvalue weighted by Crippen LogP contribution is 2.27. The van der Waals surface area contributed by atoms with Gasteiger partial charge in [-0.2, -0.15) is 0 Å². The Morgan fingerprint density at radius 3 is 2.26 bits per heavy atom. The second kappa shape index (κ2) is 11.1. The molecule has 178 valence electrons. The van der Waals surface area contributed by atoms with Crippen molar-refractivity contribution < 1.29 is 18.7 Å². The smallest absolute Gasteiger partial charge is 0.234 e. The summed E-state index contributed by atoms with van der Waals surface area (Å²) in [7, 11) is 3.12. The zero-order chi connectivity index (χ0) is 23.9. The van der Waals surface area contributed by atoms with Gasteiger partial charge in [-0.05, 0) is 24.3 Å². The largest absolute Gasteiger partial charge is 0.497 e. The topological polar surface area (TPSA) is 79.8 Å². The zero-order valence-electron chi connectivity index (χ0n) is 19.0. The molecule has 0 unspecified atom stereocenters. The van der Waals surface area contributed by atoms with Gasteiger partial charge in [0, 0.05) is 61.8 Å². The van der Waals surface area contributed by atoms with Gasteiger partial charge in [-0.15, -0.1) is 0 Å². The highest BCUT2D eigenvalue weighted by molar-refractivity contribution is 7.99. The van der Waals surface area contributed by atoms with Crippen molar-refractivity contribution >= 4 is 34.9 Å². The maximum atomic E-state index is 13.2. The fourth-order valence-electron chi connectivity index (χ4n) is 3.64. The Kier molecular flexibility index (Phi) is 7.69. The van der Waals surface area contributed by atoms with Crippen molar-refractivity contribution in [2.24, 2.45) is 0 Å². The van der Waals surface area contributed by atoms with Crippen molar-refractivity contribution in [1.29, 1.82) is 0 Å². The van der Waals surface area contributed by atoms with Crippen molar-refractivity contribution in [1.82, 2.24) is 9.97 Å². The van der Waals surface area contributed by atoms with Crippen LogP contribution in [-0.4, -0.2) is 62.0 Å². The molecule has 8 nitrogen and oxygen atoms in total. The van der Waals surface area contributed by atoms with Gasteiger partial charge in [0.15, 0.2) is 0 Å². The molecule has 0 spiro atoms. The molecule has 1 saturated heterocycles. The van der Waals surface area contributed by atoms with Crippen molar-refractivity contribution in [3.05, 3.63) is 60.7 Å². The van der Waals surface area contributed by atoms with E-state index in [2.05, 4.69) is 25.1 Å². The number of halogens is 1. The van der Waals surface area contributed by atoms with Gasteiger partial charge in [-0.1, -0.05) is 11.8 Å². The Morgan fingerprint density at radius 1 is 0.971 bits per heavy atom. The fraction of sp³-hybridized carbons (Fsp3) is 0.292. The number of methoxy groups -OCH3 is 2. The van der Waals surface area contributed by atoms with Crippen LogP contribution in [-0.2, 0) is 4.79 Å². The van der Waals surface area contributed by atoms with Gasteiger partial charge in [0.05, 0.1) is 20.0 Å². The molecule has 1 amide bonds. The van der Waals surface area contributed by atoms with Crippen molar-refractivity contribution in [3.8, 4) is 11.5 Å². The van der Waals surface area contributed by atoms with Gasteiger partial charge in [0.1, 0.15) is 34.5 Å². The van der Waals surface area contributed by atoms with Gasteiger partial charge in [-0.3, -0.25) is 4.79 Å². The van der Waals surface area contributed by atoms with Crippen molar-refractivity contribution in [2.75, 3.05) is 61.3 Å². The number of aromatic nitrogens is 2. The van der Waals surface area contributed by atoms with Crippen LogP contribution in [0, 0.1) is 5.82 Å². The third-order valence-electron chi connectivity index (χ3n) is 5.41. The molecule has 0 aliphatic carbocycles. The summed E-state index contributed by atoms with van der Waals surface area (Å²) in [5, 5.41) is 3.59. The Balaban J connectivity index is 1.31. The lowest BCUT2D eigenvalue weighted by atomic mass is 10.2. The molecule has 1 aromatic heterocycles. The van der Waals surface area contributed by atoms with Crippen LogP contribution >= 0.6 is 11.8 Å². The van der Waals surface area contributed by atoms with Crippen LogP contribution in [0.1, 0.15) is 0 Å². The third-order valence-corrected chi connectivity index (χ3v) is 6.33. The van der Waals surface area contributed by atoms with E-state index in [1.54, 1.807) is 44.6 Å². The van der Waals surface area contributed by atoms with Crippen LogP contribution < -0.4 is 24.6 Å². The number of ether oxygens (including phenoxy) is 2. The Morgan fingerprint density at radius 2 is 1.62 bits per heavy atom. The summed E-state index contributed by atoms with van der Waals surface area (Å²) in [6.45, 7) is 3.20. The third kappa shape index (κ3) is 6.07. The van der Waals surface area contributed by atoms with E-state index >= 15 is 0 Å². The first-order chi connectivity index (χ1) is 16.5. The molecular weight excluding hydrogens is 457 g/mol. The summed E-state index contributed by atoms with van der Waals surface area (Å²) in [5.74, 6) is 1.84. The summed E-state index contributed by atoms with van der Waals surface area (Å²) in [6.07, 6.45) is 1.52. The van der Waals surface area contributed by atoms with Gasteiger partial charge in [-0.25, -0.2) is 14.4 Å². The molecule has 1 fully saturated rings. The average Bonchev–Trinajstić information content (AvgIpc) is 2.88. The highest BCUT2D eigenvalue weighted by Gasteiger charge is 2.19. The number of nitrogens with one attached hydrogen (secondary N) is 1. The first-order valence-corrected chi connectivity index (χ1v) is 11.8. The van der Waals surface area contributed by atoms with E-state index in [-0.39, 0.29) is 17.5 Å². The van der Waals surface area contributed by atoms with E-state index in [4.69, 9.17) is 9.47 Å². The number of benzene rings is 2. The molecule has 0 radical (unpaired) electrons. The molecule has 4 rings (SSSR count). The van der Waals surface area contributed by atoms with Crippen LogP contribution in [0.25, 0.3) is 0 Å². The lowest BCUT2D eigenvalue weighted by molar-refractivity contribution is -0.113. The zero-order valence-corrected chi connectivity index (χ0v) is 19.8. The van der Waals surface area contributed by atoms with E-state index in [1.807, 2.05) is 6.07 Å². The Bertz CT molecular complexity index is 1100. The lowest BCUT2D eigenvalue weighted by Gasteiger charge is -2.36. The molecule has 1 N–H and O–H groups in total. The van der Waals surface area contributed by atoms with Gasteiger partial charge in [0.2, 0.25) is 5.91 Å². The Labute approximate surface area is 202 Å². The van der Waals surface area contributed by atoms with Crippen LogP contribution in [0.5, 0.6) is 11.5 Å². The van der Waals surface area contributed by atoms with Crippen molar-refractivity contribution in [3.63, 3.8) is 0 Å². The van der Waals surface area contributed by atoms with Gasteiger partial charge < -0.3 is 24.6 Å². The number of hydrogen-bond acceptors (Lipinski definition) is 8. The summed E-state index contributed by atoms with van der Waals surface area (Å²) >= 11 is 1.35. The summed E-state index contributed by atoms with van der Waals surface area (Å²) in [4.78, 5) is 25.6.